The van der Waals surface area contributed by atoms with Gasteiger partial charge in [-0.3, -0.25) is 4.90 Å². The Labute approximate surface area is 96.4 Å². The minimum atomic E-state index is 0.631. The van der Waals surface area contributed by atoms with Crippen LogP contribution < -0.4 is 5.32 Å². The van der Waals surface area contributed by atoms with Crippen molar-refractivity contribution in [1.29, 1.82) is 0 Å². The van der Waals surface area contributed by atoms with E-state index in [2.05, 4.69) is 51.8 Å². The standard InChI is InChI=1S/C13H30N2/c1-7-10-14-13(8-2)12(6)15(9-3)11(4)5/h11-14H,7-10H2,1-6H3. The van der Waals surface area contributed by atoms with E-state index < -0.39 is 0 Å². The monoisotopic (exact) mass is 214 g/mol. The molecule has 0 aliphatic carbocycles. The average molecular weight is 214 g/mol. The second-order valence-electron chi connectivity index (χ2n) is 4.63. The second-order valence-corrected chi connectivity index (χ2v) is 4.63. The van der Waals surface area contributed by atoms with E-state index in [0.29, 0.717) is 18.1 Å². The van der Waals surface area contributed by atoms with Gasteiger partial charge in [-0.05, 0) is 46.7 Å². The third-order valence-electron chi connectivity index (χ3n) is 3.23. The van der Waals surface area contributed by atoms with E-state index in [4.69, 9.17) is 0 Å². The lowest BCUT2D eigenvalue weighted by Gasteiger charge is -2.37. The first kappa shape index (κ1) is 14.9. The van der Waals surface area contributed by atoms with Crippen molar-refractivity contribution in [2.45, 2.75) is 72.5 Å². The van der Waals surface area contributed by atoms with Crippen molar-refractivity contribution in [3.63, 3.8) is 0 Å². The van der Waals surface area contributed by atoms with Gasteiger partial charge >= 0.3 is 0 Å². The summed E-state index contributed by atoms with van der Waals surface area (Å²) in [4.78, 5) is 2.57. The maximum atomic E-state index is 3.65. The van der Waals surface area contributed by atoms with Crippen LogP contribution in [0.15, 0.2) is 0 Å². The molecule has 2 atom stereocenters. The molecule has 0 aliphatic rings. The fraction of sp³-hybridized carbons (Fsp3) is 1.00. The molecule has 2 heteroatoms. The Morgan fingerprint density at radius 2 is 1.67 bits per heavy atom. The van der Waals surface area contributed by atoms with Gasteiger partial charge in [-0.15, -0.1) is 0 Å². The van der Waals surface area contributed by atoms with Gasteiger partial charge in [0.25, 0.3) is 0 Å². The van der Waals surface area contributed by atoms with Crippen molar-refractivity contribution < 1.29 is 0 Å². The Morgan fingerprint density at radius 1 is 1.07 bits per heavy atom. The van der Waals surface area contributed by atoms with Crippen LogP contribution in [0.1, 0.15) is 54.4 Å². The summed E-state index contributed by atoms with van der Waals surface area (Å²) >= 11 is 0. The number of hydrogen-bond acceptors (Lipinski definition) is 2. The van der Waals surface area contributed by atoms with E-state index in [-0.39, 0.29) is 0 Å². The van der Waals surface area contributed by atoms with E-state index in [0.717, 1.165) is 13.1 Å². The maximum absolute atomic E-state index is 3.65. The Bertz CT molecular complexity index is 145. The molecule has 0 aromatic heterocycles. The zero-order valence-corrected chi connectivity index (χ0v) is 11.5. The molecule has 0 spiro atoms. The highest BCUT2D eigenvalue weighted by molar-refractivity contribution is 4.81. The molecule has 0 amide bonds. The van der Waals surface area contributed by atoms with Gasteiger partial charge in [0.1, 0.15) is 0 Å². The SMILES string of the molecule is CCCNC(CC)C(C)N(CC)C(C)C. The molecule has 0 saturated carbocycles. The van der Waals surface area contributed by atoms with Gasteiger partial charge < -0.3 is 5.32 Å². The van der Waals surface area contributed by atoms with Gasteiger partial charge in [0, 0.05) is 18.1 Å². The van der Waals surface area contributed by atoms with Crippen LogP contribution in [0, 0.1) is 0 Å². The molecule has 15 heavy (non-hydrogen) atoms. The van der Waals surface area contributed by atoms with E-state index >= 15 is 0 Å². The van der Waals surface area contributed by atoms with Gasteiger partial charge in [-0.2, -0.15) is 0 Å². The van der Waals surface area contributed by atoms with Crippen LogP contribution in [0.4, 0.5) is 0 Å². The van der Waals surface area contributed by atoms with Crippen LogP contribution in [0.2, 0.25) is 0 Å². The molecule has 0 aromatic rings. The van der Waals surface area contributed by atoms with Crippen molar-refractivity contribution in [1.82, 2.24) is 10.2 Å². The molecule has 0 heterocycles. The largest absolute Gasteiger partial charge is 0.312 e. The number of rotatable bonds is 8. The third-order valence-corrected chi connectivity index (χ3v) is 3.23. The first-order valence-electron chi connectivity index (χ1n) is 6.57. The number of nitrogens with one attached hydrogen (secondary N) is 1. The average Bonchev–Trinajstić information content (AvgIpc) is 2.19. The summed E-state index contributed by atoms with van der Waals surface area (Å²) in [6, 6.07) is 1.90. The first-order valence-corrected chi connectivity index (χ1v) is 6.57. The zero-order valence-electron chi connectivity index (χ0n) is 11.5. The van der Waals surface area contributed by atoms with Crippen LogP contribution >= 0.6 is 0 Å². The summed E-state index contributed by atoms with van der Waals surface area (Å²) in [5, 5.41) is 3.65. The summed E-state index contributed by atoms with van der Waals surface area (Å²) in [6.45, 7) is 16.0. The quantitative estimate of drug-likeness (QED) is 0.668. The minimum Gasteiger partial charge on any atom is -0.312 e. The van der Waals surface area contributed by atoms with Gasteiger partial charge in [-0.25, -0.2) is 0 Å². The van der Waals surface area contributed by atoms with Crippen molar-refractivity contribution in [3.8, 4) is 0 Å². The summed E-state index contributed by atoms with van der Waals surface area (Å²) in [5.74, 6) is 0. The Hall–Kier alpha value is -0.0800. The topological polar surface area (TPSA) is 15.3 Å². The normalized spacial score (nSPS) is 16.0. The molecule has 0 bridgehead atoms. The molecule has 0 rings (SSSR count). The molecule has 2 nitrogen and oxygen atoms in total. The molecule has 0 fully saturated rings. The fourth-order valence-electron chi connectivity index (χ4n) is 2.34. The summed E-state index contributed by atoms with van der Waals surface area (Å²) in [5.41, 5.74) is 0. The highest BCUT2D eigenvalue weighted by Crippen LogP contribution is 2.11. The first-order chi connectivity index (χ1) is 7.08. The lowest BCUT2D eigenvalue weighted by molar-refractivity contribution is 0.137. The van der Waals surface area contributed by atoms with Crippen LogP contribution in [0.25, 0.3) is 0 Å². The molecule has 0 saturated heterocycles. The highest BCUT2D eigenvalue weighted by atomic mass is 15.2. The predicted octanol–water partition coefficient (Wildman–Crippen LogP) is 2.88. The van der Waals surface area contributed by atoms with Crippen molar-refractivity contribution in [3.05, 3.63) is 0 Å². The Morgan fingerprint density at radius 3 is 2.00 bits per heavy atom. The molecular formula is C13H30N2. The van der Waals surface area contributed by atoms with Crippen molar-refractivity contribution in [2.75, 3.05) is 13.1 Å². The lowest BCUT2D eigenvalue weighted by atomic mass is 10.0. The van der Waals surface area contributed by atoms with E-state index in [1.807, 2.05) is 0 Å². The molecule has 0 radical (unpaired) electrons. The highest BCUT2D eigenvalue weighted by Gasteiger charge is 2.22. The summed E-state index contributed by atoms with van der Waals surface area (Å²) < 4.78 is 0. The van der Waals surface area contributed by atoms with Gasteiger partial charge in [0.05, 0.1) is 0 Å². The predicted molar refractivity (Wildman–Crippen MR) is 69.4 cm³/mol. The smallest absolute Gasteiger partial charge is 0.0223 e. The molecule has 2 unspecified atom stereocenters. The van der Waals surface area contributed by atoms with Gasteiger partial charge in [0.2, 0.25) is 0 Å². The number of likely N-dealkylation sites (N-methyl/N-ethyl adjacent to an activating group) is 1. The van der Waals surface area contributed by atoms with Crippen LogP contribution in [0.3, 0.4) is 0 Å². The second kappa shape index (κ2) is 8.12. The van der Waals surface area contributed by atoms with E-state index in [1.165, 1.54) is 12.8 Å². The van der Waals surface area contributed by atoms with Crippen LogP contribution in [0.5, 0.6) is 0 Å². The Balaban J connectivity index is 4.26. The Kier molecular flexibility index (Phi) is 8.07. The van der Waals surface area contributed by atoms with Gasteiger partial charge in [0.15, 0.2) is 0 Å². The van der Waals surface area contributed by atoms with Crippen molar-refractivity contribution >= 4 is 0 Å². The summed E-state index contributed by atoms with van der Waals surface area (Å²) in [7, 11) is 0. The van der Waals surface area contributed by atoms with Gasteiger partial charge in [-0.1, -0.05) is 20.8 Å². The molecule has 0 aliphatic heterocycles. The molecule has 0 aromatic carbocycles. The molecular weight excluding hydrogens is 184 g/mol. The number of nitrogens with zero attached hydrogens (tertiary/aromatic N) is 1. The zero-order chi connectivity index (χ0) is 11.8. The molecule has 1 N–H and O–H groups in total. The number of hydrogen-bond donors (Lipinski definition) is 1. The van der Waals surface area contributed by atoms with Crippen LogP contribution in [-0.2, 0) is 0 Å². The van der Waals surface area contributed by atoms with E-state index in [9.17, 15) is 0 Å². The molecule has 92 valence electrons. The maximum Gasteiger partial charge on any atom is 0.0223 e. The minimum absolute atomic E-state index is 0.631. The van der Waals surface area contributed by atoms with Crippen LogP contribution in [-0.4, -0.2) is 36.1 Å². The summed E-state index contributed by atoms with van der Waals surface area (Å²) in [6.07, 6.45) is 2.43. The van der Waals surface area contributed by atoms with E-state index in [1.54, 1.807) is 0 Å². The third kappa shape index (κ3) is 4.98. The lowest BCUT2D eigenvalue weighted by Crippen LogP contribution is -2.50. The van der Waals surface area contributed by atoms with Crippen molar-refractivity contribution in [2.24, 2.45) is 0 Å². The fourth-order valence-corrected chi connectivity index (χ4v) is 2.34.